The molecule has 4 heterocycles. The third kappa shape index (κ3) is 3.35. The van der Waals surface area contributed by atoms with E-state index in [9.17, 15) is 9.18 Å². The summed E-state index contributed by atoms with van der Waals surface area (Å²) in [7, 11) is 4.96. The maximum Gasteiger partial charge on any atom is 0.334 e. The van der Waals surface area contributed by atoms with Crippen LogP contribution in [-0.2, 0) is 14.1 Å². The third-order valence-electron chi connectivity index (χ3n) is 5.45. The van der Waals surface area contributed by atoms with Crippen molar-refractivity contribution in [3.05, 3.63) is 59.3 Å². The molecule has 0 aliphatic carbocycles. The number of methoxy groups -OCH3 is 1. The first-order valence-corrected chi connectivity index (χ1v) is 10.8. The summed E-state index contributed by atoms with van der Waals surface area (Å²) in [5.74, 6) is -0.307. The Morgan fingerprint density at radius 1 is 1.12 bits per heavy atom. The highest BCUT2D eigenvalue weighted by molar-refractivity contribution is 7.99. The van der Waals surface area contributed by atoms with Crippen LogP contribution >= 0.6 is 11.8 Å². The standard InChI is InChI=1S/C22H18F2N6O2S/c1-28-10-12(7-27-28)14-5-15-17(6-19(14)32-3)25-9-18-20(15)30(22(31)29(18)2)21-16(24)4-13(8-26-21)33-11-23/h4-10H,11H2,1-3H3. The molecule has 0 aliphatic heterocycles. The number of thioether (sulfide) groups is 1. The molecule has 0 amide bonds. The number of imidazole rings is 1. The molecule has 0 N–H and O–H groups in total. The fourth-order valence-corrected chi connectivity index (χ4v) is 4.34. The first-order chi connectivity index (χ1) is 15.9. The summed E-state index contributed by atoms with van der Waals surface area (Å²) in [5.41, 5.74) is 2.62. The number of ether oxygens (including phenoxy) is 1. The van der Waals surface area contributed by atoms with Crippen LogP contribution in [0.4, 0.5) is 8.78 Å². The van der Waals surface area contributed by atoms with E-state index in [1.54, 1.807) is 37.3 Å². The van der Waals surface area contributed by atoms with Crippen LogP contribution in [0, 0.1) is 5.82 Å². The highest BCUT2D eigenvalue weighted by Gasteiger charge is 2.21. The smallest absolute Gasteiger partial charge is 0.334 e. The van der Waals surface area contributed by atoms with Gasteiger partial charge in [0, 0.05) is 54.0 Å². The molecule has 5 aromatic rings. The van der Waals surface area contributed by atoms with Crippen molar-refractivity contribution in [3.63, 3.8) is 0 Å². The van der Waals surface area contributed by atoms with E-state index in [-0.39, 0.29) is 5.82 Å². The lowest BCUT2D eigenvalue weighted by Gasteiger charge is -2.11. The molecule has 0 saturated carbocycles. The van der Waals surface area contributed by atoms with Crippen LogP contribution in [-0.4, -0.2) is 42.0 Å². The van der Waals surface area contributed by atoms with Crippen molar-refractivity contribution >= 4 is 33.7 Å². The van der Waals surface area contributed by atoms with Gasteiger partial charge in [-0.3, -0.25) is 14.2 Å². The van der Waals surface area contributed by atoms with E-state index >= 15 is 4.39 Å². The van der Waals surface area contributed by atoms with Crippen LogP contribution in [0.1, 0.15) is 0 Å². The van der Waals surface area contributed by atoms with Crippen LogP contribution in [0.5, 0.6) is 5.75 Å². The number of hydrogen-bond donors (Lipinski definition) is 0. The predicted octanol–water partition coefficient (Wildman–Crippen LogP) is 3.84. The number of alkyl halides is 1. The lowest BCUT2D eigenvalue weighted by atomic mass is 10.0. The van der Waals surface area contributed by atoms with Gasteiger partial charge in [0.2, 0.25) is 0 Å². The van der Waals surface area contributed by atoms with Crippen molar-refractivity contribution in [2.24, 2.45) is 14.1 Å². The van der Waals surface area contributed by atoms with Crippen molar-refractivity contribution in [2.45, 2.75) is 4.90 Å². The summed E-state index contributed by atoms with van der Waals surface area (Å²) < 4.78 is 37.5. The Morgan fingerprint density at radius 2 is 1.94 bits per heavy atom. The highest BCUT2D eigenvalue weighted by Crippen LogP contribution is 2.36. The van der Waals surface area contributed by atoms with Crippen molar-refractivity contribution in [1.82, 2.24) is 28.9 Å². The molecule has 168 valence electrons. The molecule has 0 saturated heterocycles. The molecule has 0 bridgehead atoms. The molecule has 8 nitrogen and oxygen atoms in total. The maximum absolute atomic E-state index is 15.0. The molecule has 5 rings (SSSR count). The minimum atomic E-state index is -0.728. The van der Waals surface area contributed by atoms with Gasteiger partial charge in [-0.1, -0.05) is 11.8 Å². The molecule has 0 aliphatic rings. The summed E-state index contributed by atoms with van der Waals surface area (Å²) in [6.45, 7) is 0. The van der Waals surface area contributed by atoms with E-state index in [2.05, 4.69) is 15.1 Å². The number of halogens is 2. The van der Waals surface area contributed by atoms with Crippen LogP contribution in [0.25, 0.3) is 38.9 Å². The average molecular weight is 468 g/mol. The molecule has 0 unspecified atom stereocenters. The molecule has 0 atom stereocenters. The van der Waals surface area contributed by atoms with E-state index in [0.29, 0.717) is 32.6 Å². The monoisotopic (exact) mass is 468 g/mol. The second-order valence-electron chi connectivity index (χ2n) is 7.37. The summed E-state index contributed by atoms with van der Waals surface area (Å²) in [6, 6.07) is 4.08. The molecule has 0 fully saturated rings. The average Bonchev–Trinajstić information content (AvgIpc) is 3.35. The highest BCUT2D eigenvalue weighted by atomic mass is 32.2. The Kier molecular flexibility index (Phi) is 5.12. The van der Waals surface area contributed by atoms with Crippen LogP contribution < -0.4 is 10.4 Å². The predicted molar refractivity (Wildman–Crippen MR) is 122 cm³/mol. The Balaban J connectivity index is 1.87. The van der Waals surface area contributed by atoms with Crippen LogP contribution in [0.15, 0.2) is 52.7 Å². The fourth-order valence-electron chi connectivity index (χ4n) is 3.90. The second kappa shape index (κ2) is 8.00. The van der Waals surface area contributed by atoms with Gasteiger partial charge >= 0.3 is 5.69 Å². The lowest BCUT2D eigenvalue weighted by Crippen LogP contribution is -2.22. The molecule has 1 aromatic carbocycles. The number of aryl methyl sites for hydroxylation is 2. The van der Waals surface area contributed by atoms with Crippen molar-refractivity contribution in [3.8, 4) is 22.7 Å². The van der Waals surface area contributed by atoms with E-state index < -0.39 is 17.5 Å². The maximum atomic E-state index is 15.0. The van der Waals surface area contributed by atoms with Gasteiger partial charge in [-0.25, -0.2) is 23.1 Å². The summed E-state index contributed by atoms with van der Waals surface area (Å²) in [6.07, 6.45) is 6.46. The van der Waals surface area contributed by atoms with E-state index in [1.807, 2.05) is 19.3 Å². The van der Waals surface area contributed by atoms with Gasteiger partial charge < -0.3 is 4.74 Å². The largest absolute Gasteiger partial charge is 0.496 e. The Morgan fingerprint density at radius 3 is 2.61 bits per heavy atom. The number of pyridine rings is 2. The quantitative estimate of drug-likeness (QED) is 0.365. The summed E-state index contributed by atoms with van der Waals surface area (Å²) in [5, 5.41) is 4.85. The van der Waals surface area contributed by atoms with Crippen molar-refractivity contribution in [2.75, 3.05) is 13.1 Å². The van der Waals surface area contributed by atoms with Gasteiger partial charge in [0.05, 0.1) is 36.1 Å². The van der Waals surface area contributed by atoms with E-state index in [1.165, 1.54) is 21.4 Å². The normalized spacial score (nSPS) is 11.5. The lowest BCUT2D eigenvalue weighted by molar-refractivity contribution is 0.417. The molecular formula is C22H18F2N6O2S. The fraction of sp³-hybridized carbons (Fsp3) is 0.182. The molecule has 11 heteroatoms. The van der Waals surface area contributed by atoms with Crippen molar-refractivity contribution in [1.29, 1.82) is 0 Å². The molecule has 33 heavy (non-hydrogen) atoms. The van der Waals surface area contributed by atoms with Gasteiger partial charge in [0.15, 0.2) is 11.6 Å². The van der Waals surface area contributed by atoms with Crippen LogP contribution in [0.3, 0.4) is 0 Å². The Labute approximate surface area is 190 Å². The molecule has 4 aromatic heterocycles. The Bertz CT molecular complexity index is 1590. The molecule has 0 spiro atoms. The number of hydrogen-bond acceptors (Lipinski definition) is 6. The van der Waals surface area contributed by atoms with Gasteiger partial charge in [0.25, 0.3) is 0 Å². The van der Waals surface area contributed by atoms with Gasteiger partial charge in [0.1, 0.15) is 11.8 Å². The van der Waals surface area contributed by atoms with Gasteiger partial charge in [-0.05, 0) is 12.1 Å². The zero-order chi connectivity index (χ0) is 23.3. The van der Waals surface area contributed by atoms with Gasteiger partial charge in [-0.2, -0.15) is 5.10 Å². The third-order valence-corrected chi connectivity index (χ3v) is 6.12. The zero-order valence-electron chi connectivity index (χ0n) is 17.9. The van der Waals surface area contributed by atoms with Crippen molar-refractivity contribution < 1.29 is 13.5 Å². The zero-order valence-corrected chi connectivity index (χ0v) is 18.7. The minimum Gasteiger partial charge on any atom is -0.496 e. The number of rotatable bonds is 5. The first-order valence-electron chi connectivity index (χ1n) is 9.84. The van der Waals surface area contributed by atoms with Crippen LogP contribution in [0.2, 0.25) is 0 Å². The van der Waals surface area contributed by atoms with E-state index in [0.717, 1.165) is 22.9 Å². The topological polar surface area (TPSA) is 79.8 Å². The van der Waals surface area contributed by atoms with E-state index in [4.69, 9.17) is 4.74 Å². The minimum absolute atomic E-state index is 0.167. The first kappa shape index (κ1) is 21.1. The number of nitrogens with zero attached hydrogens (tertiary/aromatic N) is 6. The molecular weight excluding hydrogens is 450 g/mol. The number of fused-ring (bicyclic) bond motifs is 3. The summed E-state index contributed by atoms with van der Waals surface area (Å²) in [4.78, 5) is 22.1. The van der Waals surface area contributed by atoms with Gasteiger partial charge in [-0.15, -0.1) is 0 Å². The molecule has 0 radical (unpaired) electrons. The number of benzene rings is 1. The second-order valence-corrected chi connectivity index (χ2v) is 8.35. The Hall–Kier alpha value is -3.73. The number of aromatic nitrogens is 6. The SMILES string of the molecule is COc1cc2ncc3c(c2cc1-c1cnn(C)c1)n(-c1ncc(SCF)cc1F)c(=O)n3C. The summed E-state index contributed by atoms with van der Waals surface area (Å²) >= 11 is 0.821.